The molecule has 0 N–H and O–H groups in total. The first-order valence-corrected chi connectivity index (χ1v) is 4.97. The predicted octanol–water partition coefficient (Wildman–Crippen LogP) is 3.25. The van der Waals surface area contributed by atoms with Gasteiger partial charge in [0, 0.05) is 6.42 Å². The van der Waals surface area contributed by atoms with Gasteiger partial charge in [0.15, 0.2) is 5.78 Å². The highest BCUT2D eigenvalue weighted by Crippen LogP contribution is 2.25. The van der Waals surface area contributed by atoms with Crippen molar-refractivity contribution in [2.24, 2.45) is 0 Å². The number of Topliss-reactive ketones (excluding diaryl/α,β-unsaturated/α-hetero) is 1. The molecule has 68 valence electrons. The van der Waals surface area contributed by atoms with Gasteiger partial charge in [-0.05, 0) is 38.2 Å². The van der Waals surface area contributed by atoms with E-state index in [0.29, 0.717) is 5.78 Å². The summed E-state index contributed by atoms with van der Waals surface area (Å²) < 4.78 is 0. The summed E-state index contributed by atoms with van der Waals surface area (Å²) in [7, 11) is 0. The van der Waals surface area contributed by atoms with Crippen LogP contribution in [0.3, 0.4) is 0 Å². The zero-order chi connectivity index (χ0) is 8.97. The van der Waals surface area contributed by atoms with Crippen LogP contribution >= 0.6 is 0 Å². The van der Waals surface area contributed by atoms with Crippen LogP contribution in [0.1, 0.15) is 52.4 Å². The van der Waals surface area contributed by atoms with E-state index in [1.165, 1.54) is 18.4 Å². The molecule has 0 radical (unpaired) electrons. The van der Waals surface area contributed by atoms with Crippen LogP contribution in [-0.2, 0) is 4.79 Å². The van der Waals surface area contributed by atoms with Gasteiger partial charge in [-0.2, -0.15) is 0 Å². The number of hydrogen-bond donors (Lipinski definition) is 0. The number of carbonyl (C=O) groups is 1. The van der Waals surface area contributed by atoms with Crippen LogP contribution in [0.15, 0.2) is 11.1 Å². The van der Waals surface area contributed by atoms with Gasteiger partial charge in [0.1, 0.15) is 0 Å². The molecule has 0 atom stereocenters. The Hall–Kier alpha value is -0.590. The second-order valence-electron chi connectivity index (χ2n) is 3.64. The molecule has 1 fully saturated rings. The molecule has 0 amide bonds. The highest BCUT2D eigenvalue weighted by atomic mass is 16.1. The monoisotopic (exact) mass is 166 g/mol. The molecular weight excluding hydrogens is 148 g/mol. The molecular formula is C11H18O. The largest absolute Gasteiger partial charge is 0.295 e. The van der Waals surface area contributed by atoms with E-state index in [9.17, 15) is 4.79 Å². The topological polar surface area (TPSA) is 17.1 Å². The molecule has 0 bridgehead atoms. The van der Waals surface area contributed by atoms with Crippen molar-refractivity contribution >= 4 is 5.78 Å². The average molecular weight is 166 g/mol. The van der Waals surface area contributed by atoms with E-state index in [1.807, 2.05) is 0 Å². The van der Waals surface area contributed by atoms with E-state index in [4.69, 9.17) is 0 Å². The zero-order valence-corrected chi connectivity index (χ0v) is 8.15. The first-order chi connectivity index (χ1) is 5.75. The number of rotatable bonds is 3. The summed E-state index contributed by atoms with van der Waals surface area (Å²) in [6.07, 6.45) is 6.48. The van der Waals surface area contributed by atoms with E-state index in [0.717, 1.165) is 31.3 Å². The Morgan fingerprint density at radius 1 is 1.42 bits per heavy atom. The second-order valence-corrected chi connectivity index (χ2v) is 3.64. The van der Waals surface area contributed by atoms with Crippen molar-refractivity contribution in [3.63, 3.8) is 0 Å². The summed E-state index contributed by atoms with van der Waals surface area (Å²) in [6.45, 7) is 4.31. The second kappa shape index (κ2) is 4.44. The lowest BCUT2D eigenvalue weighted by Gasteiger charge is -2.03. The lowest BCUT2D eigenvalue weighted by atomic mass is 10.0. The fraction of sp³-hybridized carbons (Fsp3) is 0.727. The molecule has 1 saturated carbocycles. The molecule has 1 heteroatoms. The number of allylic oxidation sites excluding steroid dienone is 2. The molecule has 0 saturated heterocycles. The van der Waals surface area contributed by atoms with E-state index >= 15 is 0 Å². The number of carbonyl (C=O) groups excluding carboxylic acids is 1. The van der Waals surface area contributed by atoms with Crippen LogP contribution < -0.4 is 0 Å². The predicted molar refractivity (Wildman–Crippen MR) is 51.1 cm³/mol. The molecule has 0 aliphatic heterocycles. The van der Waals surface area contributed by atoms with Crippen molar-refractivity contribution < 1.29 is 4.79 Å². The van der Waals surface area contributed by atoms with Crippen molar-refractivity contribution in [2.45, 2.75) is 52.4 Å². The molecule has 0 heterocycles. The van der Waals surface area contributed by atoms with Crippen LogP contribution in [0, 0.1) is 0 Å². The van der Waals surface area contributed by atoms with Crippen LogP contribution in [0.25, 0.3) is 0 Å². The van der Waals surface area contributed by atoms with Gasteiger partial charge in [-0.1, -0.05) is 18.9 Å². The van der Waals surface area contributed by atoms with Gasteiger partial charge in [0.05, 0.1) is 0 Å². The third-order valence-corrected chi connectivity index (χ3v) is 2.59. The molecule has 12 heavy (non-hydrogen) atoms. The number of unbranched alkanes of at least 4 members (excludes halogenated alkanes) is 1. The average Bonchev–Trinajstić information content (AvgIpc) is 2.47. The Balaban J connectivity index is 2.55. The molecule has 0 aromatic carbocycles. The van der Waals surface area contributed by atoms with Gasteiger partial charge in [0.2, 0.25) is 0 Å². The maximum atomic E-state index is 11.3. The van der Waals surface area contributed by atoms with E-state index in [2.05, 4.69) is 13.8 Å². The zero-order valence-electron chi connectivity index (χ0n) is 8.15. The normalized spacial score (nSPS) is 21.7. The summed E-state index contributed by atoms with van der Waals surface area (Å²) >= 11 is 0. The quantitative estimate of drug-likeness (QED) is 0.588. The molecule has 1 aliphatic rings. The molecule has 1 aliphatic carbocycles. The van der Waals surface area contributed by atoms with Gasteiger partial charge in [-0.3, -0.25) is 4.79 Å². The van der Waals surface area contributed by atoms with Crippen molar-refractivity contribution in [3.8, 4) is 0 Å². The van der Waals surface area contributed by atoms with Gasteiger partial charge in [-0.15, -0.1) is 0 Å². The summed E-state index contributed by atoms with van der Waals surface area (Å²) in [5, 5.41) is 0. The minimum Gasteiger partial charge on any atom is -0.295 e. The fourth-order valence-electron chi connectivity index (χ4n) is 1.76. The Bertz CT molecular complexity index is 201. The maximum absolute atomic E-state index is 11.3. The lowest BCUT2D eigenvalue weighted by Crippen LogP contribution is -1.95. The minimum atomic E-state index is 0.406. The van der Waals surface area contributed by atoms with E-state index < -0.39 is 0 Å². The van der Waals surface area contributed by atoms with Crippen molar-refractivity contribution in [3.05, 3.63) is 11.1 Å². The molecule has 1 nitrogen and oxygen atoms in total. The molecule has 0 spiro atoms. The summed E-state index contributed by atoms with van der Waals surface area (Å²) in [5.41, 5.74) is 2.49. The number of hydrogen-bond acceptors (Lipinski definition) is 1. The SMILES string of the molecule is CCCCC(C)=C1CCCC1=O. The Kier molecular flexibility index (Phi) is 3.51. The van der Waals surface area contributed by atoms with Crippen molar-refractivity contribution in [2.75, 3.05) is 0 Å². The summed E-state index contributed by atoms with van der Waals surface area (Å²) in [4.78, 5) is 11.3. The van der Waals surface area contributed by atoms with Crippen molar-refractivity contribution in [1.82, 2.24) is 0 Å². The molecule has 0 aromatic rings. The number of ketones is 1. The van der Waals surface area contributed by atoms with Crippen molar-refractivity contribution in [1.29, 1.82) is 0 Å². The van der Waals surface area contributed by atoms with Gasteiger partial charge >= 0.3 is 0 Å². The van der Waals surface area contributed by atoms with Crippen LogP contribution in [0.2, 0.25) is 0 Å². The third kappa shape index (κ3) is 2.20. The standard InChI is InChI=1S/C11H18O/c1-3-4-6-9(2)10-7-5-8-11(10)12/h3-8H2,1-2H3. The van der Waals surface area contributed by atoms with Gasteiger partial charge in [0.25, 0.3) is 0 Å². The Morgan fingerprint density at radius 3 is 2.67 bits per heavy atom. The van der Waals surface area contributed by atoms with Crippen LogP contribution in [0.5, 0.6) is 0 Å². The van der Waals surface area contributed by atoms with Crippen LogP contribution in [-0.4, -0.2) is 5.78 Å². The highest BCUT2D eigenvalue weighted by molar-refractivity contribution is 5.97. The lowest BCUT2D eigenvalue weighted by molar-refractivity contribution is -0.114. The minimum absolute atomic E-state index is 0.406. The molecule has 1 rings (SSSR count). The Morgan fingerprint density at radius 2 is 2.17 bits per heavy atom. The van der Waals surface area contributed by atoms with Gasteiger partial charge in [-0.25, -0.2) is 0 Å². The van der Waals surface area contributed by atoms with Crippen LogP contribution in [0.4, 0.5) is 0 Å². The first-order valence-electron chi connectivity index (χ1n) is 4.97. The maximum Gasteiger partial charge on any atom is 0.158 e. The smallest absolute Gasteiger partial charge is 0.158 e. The highest BCUT2D eigenvalue weighted by Gasteiger charge is 2.18. The molecule has 0 unspecified atom stereocenters. The molecule has 0 aromatic heterocycles. The fourth-order valence-corrected chi connectivity index (χ4v) is 1.76. The van der Waals surface area contributed by atoms with Gasteiger partial charge < -0.3 is 0 Å². The van der Waals surface area contributed by atoms with E-state index in [-0.39, 0.29) is 0 Å². The third-order valence-electron chi connectivity index (χ3n) is 2.59. The van der Waals surface area contributed by atoms with E-state index in [1.54, 1.807) is 0 Å². The first kappa shape index (κ1) is 9.50. The Labute approximate surface area is 74.9 Å². The summed E-state index contributed by atoms with van der Waals surface area (Å²) in [6, 6.07) is 0. The summed E-state index contributed by atoms with van der Waals surface area (Å²) in [5.74, 6) is 0.406.